The summed E-state index contributed by atoms with van der Waals surface area (Å²) in [5.74, 6) is 0.0652. The zero-order chi connectivity index (χ0) is 20.5. The Labute approximate surface area is 176 Å². The van der Waals surface area contributed by atoms with Crippen molar-refractivity contribution >= 4 is 35.2 Å². The first kappa shape index (κ1) is 22.3. The minimum Gasteiger partial charge on any atom is -0.352 e. The molecule has 0 saturated carbocycles. The van der Waals surface area contributed by atoms with Crippen LogP contribution < -0.4 is 5.32 Å². The van der Waals surface area contributed by atoms with Crippen molar-refractivity contribution in [2.45, 2.75) is 50.7 Å². The molecule has 1 N–H and O–H groups in total. The van der Waals surface area contributed by atoms with Crippen molar-refractivity contribution < 1.29 is 9.59 Å². The highest BCUT2D eigenvalue weighted by Crippen LogP contribution is 2.20. The van der Waals surface area contributed by atoms with Crippen LogP contribution in [0.25, 0.3) is 0 Å². The number of amides is 2. The van der Waals surface area contributed by atoms with E-state index in [1.807, 2.05) is 56.3 Å². The first-order valence-corrected chi connectivity index (χ1v) is 10.8. The summed E-state index contributed by atoms with van der Waals surface area (Å²) in [5, 5.41) is 3.62. The summed E-state index contributed by atoms with van der Waals surface area (Å²) in [6.45, 7) is 6.11. The summed E-state index contributed by atoms with van der Waals surface area (Å²) >= 11 is 7.44. The van der Waals surface area contributed by atoms with E-state index in [0.717, 1.165) is 16.9 Å². The van der Waals surface area contributed by atoms with Crippen LogP contribution in [0, 0.1) is 0 Å². The van der Waals surface area contributed by atoms with Gasteiger partial charge in [-0.15, -0.1) is 11.8 Å². The summed E-state index contributed by atoms with van der Waals surface area (Å²) in [6, 6.07) is 16.6. The van der Waals surface area contributed by atoms with Crippen molar-refractivity contribution in [3.8, 4) is 0 Å². The van der Waals surface area contributed by atoms with Crippen LogP contribution in [0.1, 0.15) is 32.8 Å². The summed E-state index contributed by atoms with van der Waals surface area (Å²) < 4.78 is 0. The largest absolute Gasteiger partial charge is 0.352 e. The number of hydrogen-bond acceptors (Lipinski definition) is 3. The molecule has 150 valence electrons. The molecule has 0 saturated heterocycles. The molecule has 0 bridgehead atoms. The van der Waals surface area contributed by atoms with Crippen LogP contribution in [0.5, 0.6) is 0 Å². The lowest BCUT2D eigenvalue weighted by Crippen LogP contribution is -2.50. The third-order valence-corrected chi connectivity index (χ3v) is 5.79. The van der Waals surface area contributed by atoms with Crippen LogP contribution in [0.3, 0.4) is 0 Å². The minimum atomic E-state index is -0.562. The van der Waals surface area contributed by atoms with Crippen LogP contribution in [0.15, 0.2) is 59.5 Å². The Morgan fingerprint density at radius 3 is 2.32 bits per heavy atom. The van der Waals surface area contributed by atoms with Crippen LogP contribution in [-0.4, -0.2) is 34.6 Å². The van der Waals surface area contributed by atoms with Crippen molar-refractivity contribution in [2.75, 3.05) is 5.75 Å². The molecule has 4 nitrogen and oxygen atoms in total. The summed E-state index contributed by atoms with van der Waals surface area (Å²) in [5.41, 5.74) is 0.936. The lowest BCUT2D eigenvalue weighted by Gasteiger charge is -2.29. The highest BCUT2D eigenvalue weighted by atomic mass is 35.5. The summed E-state index contributed by atoms with van der Waals surface area (Å²) in [4.78, 5) is 28.3. The van der Waals surface area contributed by atoms with Gasteiger partial charge >= 0.3 is 0 Å². The van der Waals surface area contributed by atoms with Gasteiger partial charge in [-0.2, -0.15) is 0 Å². The van der Waals surface area contributed by atoms with Gasteiger partial charge in [-0.05, 0) is 50.1 Å². The Morgan fingerprint density at radius 1 is 1.07 bits per heavy atom. The van der Waals surface area contributed by atoms with Gasteiger partial charge in [0.2, 0.25) is 11.8 Å². The van der Waals surface area contributed by atoms with E-state index in [2.05, 4.69) is 5.32 Å². The molecule has 0 aliphatic heterocycles. The Hall–Kier alpha value is -1.98. The van der Waals surface area contributed by atoms with E-state index in [0.29, 0.717) is 11.6 Å². The first-order valence-electron chi connectivity index (χ1n) is 9.42. The quantitative estimate of drug-likeness (QED) is 0.597. The van der Waals surface area contributed by atoms with Gasteiger partial charge < -0.3 is 10.2 Å². The van der Waals surface area contributed by atoms with E-state index >= 15 is 0 Å². The molecule has 0 fully saturated rings. The Bertz CT molecular complexity index is 768. The normalized spacial score (nSPS) is 12.9. The van der Waals surface area contributed by atoms with E-state index in [1.54, 1.807) is 24.0 Å². The molecule has 0 heterocycles. The fraction of sp³-hybridized carbons (Fsp3) is 0.364. The second-order valence-corrected chi connectivity index (χ2v) is 8.23. The Morgan fingerprint density at radius 2 is 1.71 bits per heavy atom. The zero-order valence-electron chi connectivity index (χ0n) is 16.5. The second kappa shape index (κ2) is 11.1. The molecule has 0 radical (unpaired) electrons. The van der Waals surface area contributed by atoms with Gasteiger partial charge in [0.15, 0.2) is 0 Å². The van der Waals surface area contributed by atoms with E-state index in [-0.39, 0.29) is 23.6 Å². The number of carbonyl (C=O) groups is 2. The molecule has 6 heteroatoms. The number of hydrogen-bond donors (Lipinski definition) is 1. The van der Waals surface area contributed by atoms with Crippen molar-refractivity contribution in [3.63, 3.8) is 0 Å². The predicted molar refractivity (Wildman–Crippen MR) is 117 cm³/mol. The fourth-order valence-corrected chi connectivity index (χ4v) is 3.51. The number of benzene rings is 2. The van der Waals surface area contributed by atoms with Crippen molar-refractivity contribution in [1.29, 1.82) is 0 Å². The van der Waals surface area contributed by atoms with Crippen LogP contribution in [0.2, 0.25) is 5.02 Å². The van der Waals surface area contributed by atoms with E-state index < -0.39 is 6.04 Å². The van der Waals surface area contributed by atoms with Gasteiger partial charge in [-0.1, -0.05) is 48.9 Å². The topological polar surface area (TPSA) is 49.4 Å². The minimum absolute atomic E-state index is 0.0705. The van der Waals surface area contributed by atoms with E-state index in [9.17, 15) is 9.59 Å². The standard InChI is InChI=1S/C22H27ClN2O2S/c1-4-16(2)24-22(27)17(3)25(14-18-10-12-19(23)13-11-18)21(26)15-28-20-8-6-5-7-9-20/h5-13,16-17H,4,14-15H2,1-3H3,(H,24,27)/t16-,17+/m1/s1. The molecule has 0 unspecified atom stereocenters. The average Bonchev–Trinajstić information content (AvgIpc) is 2.71. The first-order chi connectivity index (χ1) is 13.4. The molecule has 2 rings (SSSR count). The molecule has 2 aromatic rings. The number of carbonyl (C=O) groups excluding carboxylic acids is 2. The van der Waals surface area contributed by atoms with Crippen molar-refractivity contribution in [1.82, 2.24) is 10.2 Å². The number of rotatable bonds is 9. The molecule has 2 amide bonds. The molecule has 0 aliphatic rings. The monoisotopic (exact) mass is 418 g/mol. The predicted octanol–water partition coefficient (Wildman–Crippen LogP) is 4.76. The van der Waals surface area contributed by atoms with Gasteiger partial charge in [0.25, 0.3) is 0 Å². The third kappa shape index (κ3) is 6.88. The summed E-state index contributed by atoms with van der Waals surface area (Å²) in [7, 11) is 0. The van der Waals surface area contributed by atoms with Gasteiger partial charge in [0.05, 0.1) is 5.75 Å². The molecule has 2 aromatic carbocycles. The van der Waals surface area contributed by atoms with Crippen molar-refractivity contribution in [2.24, 2.45) is 0 Å². The van der Waals surface area contributed by atoms with Crippen molar-refractivity contribution in [3.05, 3.63) is 65.2 Å². The van der Waals surface area contributed by atoms with E-state index in [4.69, 9.17) is 11.6 Å². The fourth-order valence-electron chi connectivity index (χ4n) is 2.58. The molecule has 0 aromatic heterocycles. The second-order valence-electron chi connectivity index (χ2n) is 6.74. The van der Waals surface area contributed by atoms with Crippen LogP contribution in [-0.2, 0) is 16.1 Å². The lowest BCUT2D eigenvalue weighted by atomic mass is 10.1. The smallest absolute Gasteiger partial charge is 0.242 e. The van der Waals surface area contributed by atoms with Gasteiger partial charge in [0.1, 0.15) is 6.04 Å². The van der Waals surface area contributed by atoms with Crippen LogP contribution in [0.4, 0.5) is 0 Å². The maximum Gasteiger partial charge on any atom is 0.242 e. The maximum absolute atomic E-state index is 13.0. The molecule has 0 aliphatic carbocycles. The molecule has 0 spiro atoms. The lowest BCUT2D eigenvalue weighted by molar-refractivity contribution is -0.138. The maximum atomic E-state index is 13.0. The molecular formula is C22H27ClN2O2S. The molecular weight excluding hydrogens is 392 g/mol. The number of thioether (sulfide) groups is 1. The van der Waals surface area contributed by atoms with Gasteiger partial charge in [-0.25, -0.2) is 0 Å². The number of nitrogens with zero attached hydrogens (tertiary/aromatic N) is 1. The van der Waals surface area contributed by atoms with Gasteiger partial charge in [0, 0.05) is 22.5 Å². The van der Waals surface area contributed by atoms with E-state index in [1.165, 1.54) is 11.8 Å². The third-order valence-electron chi connectivity index (χ3n) is 4.54. The molecule has 28 heavy (non-hydrogen) atoms. The Balaban J connectivity index is 2.12. The SMILES string of the molecule is CC[C@@H](C)NC(=O)[C@H](C)N(Cc1ccc(Cl)cc1)C(=O)CSc1ccccc1. The zero-order valence-corrected chi connectivity index (χ0v) is 18.1. The highest BCUT2D eigenvalue weighted by Gasteiger charge is 2.26. The summed E-state index contributed by atoms with van der Waals surface area (Å²) in [6.07, 6.45) is 0.841. The number of nitrogens with one attached hydrogen (secondary N) is 1. The average molecular weight is 419 g/mol. The van der Waals surface area contributed by atoms with Crippen LogP contribution >= 0.6 is 23.4 Å². The van der Waals surface area contributed by atoms with Gasteiger partial charge in [-0.3, -0.25) is 9.59 Å². The molecule has 2 atom stereocenters. The number of halogens is 1. The highest BCUT2D eigenvalue weighted by molar-refractivity contribution is 8.00. The Kier molecular flexibility index (Phi) is 8.87.